The van der Waals surface area contributed by atoms with Crippen molar-refractivity contribution >= 4 is 51.0 Å². The maximum Gasteiger partial charge on any atom is 0.249 e. The van der Waals surface area contributed by atoms with E-state index in [0.29, 0.717) is 10.6 Å². The molecule has 0 bridgehead atoms. The fourth-order valence-corrected chi connectivity index (χ4v) is 5.03. The first-order chi connectivity index (χ1) is 12.5. The van der Waals surface area contributed by atoms with Crippen LogP contribution < -0.4 is 5.73 Å². The summed E-state index contributed by atoms with van der Waals surface area (Å²) >= 11 is 9.29. The van der Waals surface area contributed by atoms with Crippen LogP contribution in [0.2, 0.25) is 5.02 Å². The highest BCUT2D eigenvalue weighted by atomic mass is 35.5. The second-order valence-electron chi connectivity index (χ2n) is 5.71. The predicted molar refractivity (Wildman–Crippen MR) is 108 cm³/mol. The number of hydrogen-bond donors (Lipinski definition) is 2. The highest BCUT2D eigenvalue weighted by Gasteiger charge is 2.21. The lowest BCUT2D eigenvalue weighted by atomic mass is 10.0. The van der Waals surface area contributed by atoms with Crippen molar-refractivity contribution < 1.29 is 4.79 Å². The molecule has 0 radical (unpaired) electrons. The number of nitrogens with one attached hydrogen (secondary N) is 1. The molecule has 0 aliphatic carbocycles. The van der Waals surface area contributed by atoms with Crippen molar-refractivity contribution in [2.75, 3.05) is 0 Å². The lowest BCUT2D eigenvalue weighted by Gasteiger charge is -2.08. The van der Waals surface area contributed by atoms with Crippen molar-refractivity contribution in [3.63, 3.8) is 0 Å². The van der Waals surface area contributed by atoms with Crippen LogP contribution in [0, 0.1) is 6.92 Å². The van der Waals surface area contributed by atoms with E-state index >= 15 is 0 Å². The average Bonchev–Trinajstić information content (AvgIpc) is 3.12. The summed E-state index contributed by atoms with van der Waals surface area (Å²) in [6, 6.07) is 15.0. The molecule has 1 amide bonds. The van der Waals surface area contributed by atoms with Crippen LogP contribution in [0.15, 0.2) is 58.3 Å². The van der Waals surface area contributed by atoms with Crippen molar-refractivity contribution in [3.8, 4) is 11.3 Å². The number of amides is 1. The number of carbonyl (C=O) groups excluding carboxylic acids is 1. The molecule has 0 aliphatic heterocycles. The fourth-order valence-electron chi connectivity index (χ4n) is 2.81. The maximum atomic E-state index is 11.9. The molecule has 0 atom stereocenters. The van der Waals surface area contributed by atoms with E-state index in [-0.39, 0.29) is 0 Å². The quantitative estimate of drug-likeness (QED) is 0.475. The second-order valence-corrected chi connectivity index (χ2v) is 8.43. The van der Waals surface area contributed by atoms with Gasteiger partial charge in [0, 0.05) is 21.0 Å². The molecule has 0 saturated carbocycles. The SMILES string of the molecule is Cc1nc2c(Sc3cccc(Cl)c3)c(-c3ccccc3C(N)=O)[nH]c2s1. The molecule has 4 nitrogen and oxygen atoms in total. The molecule has 0 spiro atoms. The minimum Gasteiger partial charge on any atom is -0.366 e. The van der Waals surface area contributed by atoms with Gasteiger partial charge in [-0.2, -0.15) is 0 Å². The Hall–Kier alpha value is -2.28. The minimum atomic E-state index is -0.457. The summed E-state index contributed by atoms with van der Waals surface area (Å²) in [5.74, 6) is -0.457. The Bertz CT molecular complexity index is 1130. The summed E-state index contributed by atoms with van der Waals surface area (Å²) in [4.78, 5) is 22.9. The van der Waals surface area contributed by atoms with E-state index in [1.54, 1.807) is 35.2 Å². The van der Waals surface area contributed by atoms with E-state index in [4.69, 9.17) is 17.3 Å². The lowest BCUT2D eigenvalue weighted by molar-refractivity contribution is 0.100. The molecule has 4 aromatic rings. The minimum absolute atomic E-state index is 0.457. The maximum absolute atomic E-state index is 11.9. The van der Waals surface area contributed by atoms with Crippen molar-refractivity contribution in [1.82, 2.24) is 9.97 Å². The summed E-state index contributed by atoms with van der Waals surface area (Å²) in [5.41, 5.74) is 8.57. The van der Waals surface area contributed by atoms with Crippen LogP contribution in [-0.2, 0) is 0 Å². The van der Waals surface area contributed by atoms with Crippen LogP contribution >= 0.6 is 34.7 Å². The molecule has 4 rings (SSSR count). The van der Waals surface area contributed by atoms with Gasteiger partial charge in [-0.1, -0.05) is 47.6 Å². The van der Waals surface area contributed by atoms with E-state index in [2.05, 4.69) is 9.97 Å². The third kappa shape index (κ3) is 3.11. The van der Waals surface area contributed by atoms with Gasteiger partial charge in [0.25, 0.3) is 0 Å². The molecular weight excluding hydrogens is 386 g/mol. The number of thiazole rings is 1. The number of benzene rings is 2. The molecule has 130 valence electrons. The van der Waals surface area contributed by atoms with Gasteiger partial charge in [-0.05, 0) is 31.2 Å². The monoisotopic (exact) mass is 399 g/mol. The number of rotatable bonds is 4. The Morgan fingerprint density at radius 3 is 2.81 bits per heavy atom. The number of carbonyl (C=O) groups is 1. The number of fused-ring (bicyclic) bond motifs is 1. The van der Waals surface area contributed by atoms with Crippen LogP contribution in [0.25, 0.3) is 21.6 Å². The second kappa shape index (κ2) is 6.79. The normalized spacial score (nSPS) is 11.2. The number of primary amides is 1. The number of nitrogens with zero attached hydrogens (tertiary/aromatic N) is 1. The van der Waals surface area contributed by atoms with Crippen LogP contribution in [0.4, 0.5) is 0 Å². The van der Waals surface area contributed by atoms with Crippen molar-refractivity contribution in [2.45, 2.75) is 16.7 Å². The van der Waals surface area contributed by atoms with E-state index in [1.165, 1.54) is 0 Å². The molecule has 2 aromatic heterocycles. The van der Waals surface area contributed by atoms with Gasteiger partial charge in [0.05, 0.1) is 15.6 Å². The van der Waals surface area contributed by atoms with Gasteiger partial charge in [0.1, 0.15) is 10.3 Å². The van der Waals surface area contributed by atoms with E-state index in [9.17, 15) is 4.79 Å². The lowest BCUT2D eigenvalue weighted by Crippen LogP contribution is -2.12. The zero-order valence-electron chi connectivity index (χ0n) is 13.7. The molecule has 0 aliphatic rings. The van der Waals surface area contributed by atoms with Gasteiger partial charge >= 0.3 is 0 Å². The van der Waals surface area contributed by atoms with Gasteiger partial charge < -0.3 is 10.7 Å². The third-order valence-corrected chi connectivity index (χ3v) is 6.11. The molecule has 3 N–H and O–H groups in total. The Labute approximate surface area is 163 Å². The van der Waals surface area contributed by atoms with Crippen molar-refractivity contribution in [2.24, 2.45) is 5.73 Å². The van der Waals surface area contributed by atoms with Crippen LogP contribution in [-0.4, -0.2) is 15.9 Å². The van der Waals surface area contributed by atoms with Crippen molar-refractivity contribution in [1.29, 1.82) is 0 Å². The molecular formula is C19H14ClN3OS2. The third-order valence-electron chi connectivity index (χ3n) is 3.89. The van der Waals surface area contributed by atoms with Crippen LogP contribution in [0.1, 0.15) is 15.4 Å². The Morgan fingerprint density at radius 1 is 1.23 bits per heavy atom. The number of nitrogens with two attached hydrogens (primary N) is 1. The van der Waals surface area contributed by atoms with Gasteiger partial charge in [-0.25, -0.2) is 4.98 Å². The highest BCUT2D eigenvalue weighted by molar-refractivity contribution is 7.99. The molecule has 7 heteroatoms. The number of aromatic amines is 1. The molecule has 2 aromatic carbocycles. The van der Waals surface area contributed by atoms with Gasteiger partial charge in [0.2, 0.25) is 5.91 Å². The summed E-state index contributed by atoms with van der Waals surface area (Å²) < 4.78 is 0. The smallest absolute Gasteiger partial charge is 0.249 e. The Balaban J connectivity index is 1.93. The molecule has 2 heterocycles. The van der Waals surface area contributed by atoms with Crippen molar-refractivity contribution in [3.05, 3.63) is 64.1 Å². The first kappa shape index (κ1) is 17.1. The predicted octanol–water partition coefficient (Wildman–Crippen LogP) is 5.50. The van der Waals surface area contributed by atoms with Crippen LogP contribution in [0.3, 0.4) is 0 Å². The number of H-pyrrole nitrogens is 1. The molecule has 26 heavy (non-hydrogen) atoms. The van der Waals surface area contributed by atoms with Gasteiger partial charge in [-0.15, -0.1) is 11.3 Å². The Kier molecular flexibility index (Phi) is 4.48. The molecule has 0 saturated heterocycles. The first-order valence-electron chi connectivity index (χ1n) is 7.84. The number of hydrogen-bond acceptors (Lipinski definition) is 4. The average molecular weight is 400 g/mol. The number of aryl methyl sites for hydroxylation is 1. The Morgan fingerprint density at radius 2 is 2.04 bits per heavy atom. The van der Waals surface area contributed by atoms with E-state index < -0.39 is 5.91 Å². The summed E-state index contributed by atoms with van der Waals surface area (Å²) in [6.45, 7) is 1.98. The van der Waals surface area contributed by atoms with Gasteiger partial charge in [-0.3, -0.25) is 4.79 Å². The number of aromatic nitrogens is 2. The summed E-state index contributed by atoms with van der Waals surface area (Å²) in [5, 5.41) is 1.66. The fraction of sp³-hybridized carbons (Fsp3) is 0.0526. The molecule has 0 unspecified atom stereocenters. The van der Waals surface area contributed by atoms with E-state index in [1.807, 2.05) is 43.3 Å². The van der Waals surface area contributed by atoms with Crippen LogP contribution in [0.5, 0.6) is 0 Å². The topological polar surface area (TPSA) is 71.8 Å². The standard InChI is InChI=1S/C19H14ClN3OS2/c1-10-22-16-17(26-12-6-4-5-11(20)9-12)15(23-19(16)25-10)13-7-2-3-8-14(13)18(21)24/h2-9,23H,1H3,(H2,21,24). The first-order valence-corrected chi connectivity index (χ1v) is 9.86. The summed E-state index contributed by atoms with van der Waals surface area (Å²) in [6.07, 6.45) is 0. The summed E-state index contributed by atoms with van der Waals surface area (Å²) in [7, 11) is 0. The van der Waals surface area contributed by atoms with E-state index in [0.717, 1.165) is 36.4 Å². The highest BCUT2D eigenvalue weighted by Crippen LogP contribution is 2.43. The van der Waals surface area contributed by atoms with Gasteiger partial charge in [0.15, 0.2) is 0 Å². The zero-order chi connectivity index (χ0) is 18.3. The molecule has 0 fully saturated rings. The largest absolute Gasteiger partial charge is 0.366 e. The number of halogens is 1. The zero-order valence-corrected chi connectivity index (χ0v) is 16.1.